The van der Waals surface area contributed by atoms with E-state index in [2.05, 4.69) is 5.32 Å². The number of nitrogens with zero attached hydrogens (tertiary/aromatic N) is 2. The minimum Gasteiger partial charge on any atom is -0.352 e. The van der Waals surface area contributed by atoms with Crippen molar-refractivity contribution in [1.82, 2.24) is 10.2 Å². The van der Waals surface area contributed by atoms with Crippen LogP contribution in [0.5, 0.6) is 0 Å². The highest BCUT2D eigenvalue weighted by Gasteiger charge is 2.33. The number of benzene rings is 4. The van der Waals surface area contributed by atoms with E-state index in [1.807, 2.05) is 66.7 Å². The molecule has 1 aliphatic heterocycles. The molecule has 1 fully saturated rings. The number of amides is 3. The summed E-state index contributed by atoms with van der Waals surface area (Å²) < 4.78 is 0. The van der Waals surface area contributed by atoms with Crippen LogP contribution in [0.2, 0.25) is 10.0 Å². The molecule has 2 aliphatic rings. The summed E-state index contributed by atoms with van der Waals surface area (Å²) >= 11 is 12.8. The number of halogens is 2. The van der Waals surface area contributed by atoms with Crippen LogP contribution in [0.15, 0.2) is 84.9 Å². The zero-order chi connectivity index (χ0) is 30.6. The number of rotatable bonds is 11. The molecule has 1 atom stereocenters. The molecule has 1 N–H and O–H groups in total. The summed E-state index contributed by atoms with van der Waals surface area (Å²) in [4.78, 5) is 44.8. The first kappa shape index (κ1) is 30.2. The second-order valence-electron chi connectivity index (χ2n) is 11.7. The SMILES string of the molecule is O=C(NC1CCCC1)[C@H](Cc1ccccc1)N(Cc1ccc(Cl)cc1Cl)C(=O)CCCN1C(=O)c2cccc3cccc1c23. The molecule has 6 rings (SSSR count). The van der Waals surface area contributed by atoms with Crippen molar-refractivity contribution < 1.29 is 14.4 Å². The van der Waals surface area contributed by atoms with Crippen LogP contribution < -0.4 is 10.2 Å². The smallest absolute Gasteiger partial charge is 0.258 e. The molecule has 1 saturated carbocycles. The maximum absolute atomic E-state index is 14.1. The Hall–Kier alpha value is -3.87. The van der Waals surface area contributed by atoms with Crippen LogP contribution in [0.25, 0.3) is 10.8 Å². The molecular weight excluding hydrogens is 593 g/mol. The Labute approximate surface area is 267 Å². The fourth-order valence-electron chi connectivity index (χ4n) is 6.49. The van der Waals surface area contributed by atoms with Crippen LogP contribution in [0, 0.1) is 0 Å². The molecule has 0 aromatic heterocycles. The average Bonchev–Trinajstić information content (AvgIpc) is 3.63. The largest absolute Gasteiger partial charge is 0.352 e. The monoisotopic (exact) mass is 627 g/mol. The summed E-state index contributed by atoms with van der Waals surface area (Å²) in [5.41, 5.74) is 3.24. The van der Waals surface area contributed by atoms with Crippen LogP contribution in [0.1, 0.15) is 60.0 Å². The third-order valence-electron chi connectivity index (χ3n) is 8.75. The predicted molar refractivity (Wildman–Crippen MR) is 176 cm³/mol. The van der Waals surface area contributed by atoms with Gasteiger partial charge in [-0.3, -0.25) is 14.4 Å². The first-order valence-corrected chi connectivity index (χ1v) is 16.1. The summed E-state index contributed by atoms with van der Waals surface area (Å²) in [5, 5.41) is 6.16. The summed E-state index contributed by atoms with van der Waals surface area (Å²) in [6.07, 6.45) is 5.05. The van der Waals surface area contributed by atoms with E-state index in [1.54, 1.807) is 28.0 Å². The molecule has 0 radical (unpaired) electrons. The molecule has 0 spiro atoms. The normalized spacial score (nSPS) is 15.1. The molecule has 3 amide bonds. The van der Waals surface area contributed by atoms with Gasteiger partial charge in [0.1, 0.15) is 6.04 Å². The van der Waals surface area contributed by atoms with Crippen molar-refractivity contribution in [3.8, 4) is 0 Å². The molecule has 0 unspecified atom stereocenters. The Morgan fingerprint density at radius 1 is 0.932 bits per heavy atom. The van der Waals surface area contributed by atoms with E-state index in [9.17, 15) is 14.4 Å². The third kappa shape index (κ3) is 6.47. The topological polar surface area (TPSA) is 69.7 Å². The Balaban J connectivity index is 1.25. The quantitative estimate of drug-likeness (QED) is 0.186. The Morgan fingerprint density at radius 2 is 1.68 bits per heavy atom. The van der Waals surface area contributed by atoms with E-state index < -0.39 is 6.04 Å². The number of hydrogen-bond donors (Lipinski definition) is 1. The maximum Gasteiger partial charge on any atom is 0.258 e. The van der Waals surface area contributed by atoms with Gasteiger partial charge in [-0.2, -0.15) is 0 Å². The predicted octanol–water partition coefficient (Wildman–Crippen LogP) is 7.59. The summed E-state index contributed by atoms with van der Waals surface area (Å²) in [6, 6.07) is 26.0. The van der Waals surface area contributed by atoms with Crippen molar-refractivity contribution in [3.05, 3.63) is 112 Å². The molecule has 1 heterocycles. The van der Waals surface area contributed by atoms with Crippen molar-refractivity contribution in [2.24, 2.45) is 0 Å². The molecule has 1 aliphatic carbocycles. The molecular formula is C36H35Cl2N3O3. The highest BCUT2D eigenvalue weighted by molar-refractivity contribution is 6.35. The van der Waals surface area contributed by atoms with Gasteiger partial charge < -0.3 is 15.1 Å². The average molecular weight is 629 g/mol. The van der Waals surface area contributed by atoms with E-state index >= 15 is 0 Å². The minimum absolute atomic E-state index is 0.0491. The lowest BCUT2D eigenvalue weighted by Gasteiger charge is -2.33. The standard InChI is InChI=1S/C36H35Cl2N3O3/c37-27-19-18-26(30(38)22-27)23-41(32(21-24-9-2-1-3-10-24)35(43)39-28-13-4-5-14-28)33(42)17-8-20-40-31-16-7-12-25-11-6-15-29(34(25)31)36(40)44/h1-3,6-7,9-12,15-16,18-19,22,28,32H,4-5,8,13-14,17,20-21,23H2,(H,39,43)/t32-/m0/s1. The van der Waals surface area contributed by atoms with Gasteiger partial charge in [-0.05, 0) is 60.0 Å². The Kier molecular flexibility index (Phi) is 9.20. The number of hydrogen-bond acceptors (Lipinski definition) is 3. The van der Waals surface area contributed by atoms with E-state index in [0.29, 0.717) is 40.6 Å². The number of anilines is 1. The first-order valence-electron chi connectivity index (χ1n) is 15.3. The summed E-state index contributed by atoms with van der Waals surface area (Å²) in [7, 11) is 0. The highest BCUT2D eigenvalue weighted by Crippen LogP contribution is 2.37. The lowest BCUT2D eigenvalue weighted by Crippen LogP contribution is -2.52. The number of carbonyl (C=O) groups excluding carboxylic acids is 3. The number of nitrogens with one attached hydrogen (secondary N) is 1. The minimum atomic E-state index is -0.733. The van der Waals surface area contributed by atoms with Crippen LogP contribution in [-0.4, -0.2) is 41.2 Å². The molecule has 226 valence electrons. The van der Waals surface area contributed by atoms with Crippen molar-refractivity contribution in [2.45, 2.75) is 63.6 Å². The Morgan fingerprint density at radius 3 is 2.43 bits per heavy atom. The highest BCUT2D eigenvalue weighted by atomic mass is 35.5. The van der Waals surface area contributed by atoms with Crippen molar-refractivity contribution >= 4 is 57.4 Å². The second-order valence-corrected chi connectivity index (χ2v) is 12.5. The van der Waals surface area contributed by atoms with Crippen molar-refractivity contribution in [2.75, 3.05) is 11.4 Å². The molecule has 0 bridgehead atoms. The van der Waals surface area contributed by atoms with Gasteiger partial charge >= 0.3 is 0 Å². The lowest BCUT2D eigenvalue weighted by molar-refractivity contribution is -0.141. The van der Waals surface area contributed by atoms with Crippen LogP contribution in [0.3, 0.4) is 0 Å². The van der Waals surface area contributed by atoms with E-state index in [-0.39, 0.29) is 36.7 Å². The zero-order valence-electron chi connectivity index (χ0n) is 24.5. The fraction of sp³-hybridized carbons (Fsp3) is 0.306. The van der Waals surface area contributed by atoms with Gasteiger partial charge in [-0.1, -0.05) is 96.7 Å². The lowest BCUT2D eigenvalue weighted by atomic mass is 10.0. The van der Waals surface area contributed by atoms with Gasteiger partial charge in [-0.15, -0.1) is 0 Å². The van der Waals surface area contributed by atoms with E-state index in [0.717, 1.165) is 47.7 Å². The van der Waals surface area contributed by atoms with Crippen LogP contribution in [-0.2, 0) is 22.6 Å². The van der Waals surface area contributed by atoms with E-state index in [4.69, 9.17) is 23.2 Å². The van der Waals surface area contributed by atoms with Crippen LogP contribution in [0.4, 0.5) is 5.69 Å². The summed E-state index contributed by atoms with van der Waals surface area (Å²) in [6.45, 7) is 0.559. The Bertz CT molecular complexity index is 1680. The first-order chi connectivity index (χ1) is 21.4. The van der Waals surface area contributed by atoms with E-state index in [1.165, 1.54) is 0 Å². The molecule has 44 heavy (non-hydrogen) atoms. The van der Waals surface area contributed by atoms with Crippen LogP contribution >= 0.6 is 23.2 Å². The van der Waals surface area contributed by atoms with Crippen molar-refractivity contribution in [1.29, 1.82) is 0 Å². The molecule has 4 aromatic carbocycles. The van der Waals surface area contributed by atoms with Gasteiger partial charge in [0, 0.05) is 53.0 Å². The molecule has 0 saturated heterocycles. The van der Waals surface area contributed by atoms with Gasteiger partial charge in [-0.25, -0.2) is 0 Å². The summed E-state index contributed by atoms with van der Waals surface area (Å²) in [5.74, 6) is -0.371. The maximum atomic E-state index is 14.1. The van der Waals surface area contributed by atoms with Gasteiger partial charge in [0.05, 0.1) is 5.69 Å². The molecule has 8 heteroatoms. The number of carbonyl (C=O) groups is 3. The third-order valence-corrected chi connectivity index (χ3v) is 9.34. The van der Waals surface area contributed by atoms with Gasteiger partial charge in [0.2, 0.25) is 11.8 Å². The second kappa shape index (κ2) is 13.4. The molecule has 6 nitrogen and oxygen atoms in total. The fourth-order valence-corrected chi connectivity index (χ4v) is 6.96. The van der Waals surface area contributed by atoms with Crippen molar-refractivity contribution in [3.63, 3.8) is 0 Å². The van der Waals surface area contributed by atoms with Gasteiger partial charge in [0.25, 0.3) is 5.91 Å². The van der Waals surface area contributed by atoms with Gasteiger partial charge in [0.15, 0.2) is 0 Å². The zero-order valence-corrected chi connectivity index (χ0v) is 26.0. The molecule has 4 aromatic rings.